The summed E-state index contributed by atoms with van der Waals surface area (Å²) < 4.78 is 5.22. The third-order valence-corrected chi connectivity index (χ3v) is 2.28. The second-order valence-corrected chi connectivity index (χ2v) is 3.28. The molecule has 0 unspecified atom stereocenters. The molecule has 0 saturated carbocycles. The van der Waals surface area contributed by atoms with Gasteiger partial charge in [0, 0.05) is 13.0 Å². The number of hydrogen-bond donors (Lipinski definition) is 2. The minimum absolute atomic E-state index is 0.142. The van der Waals surface area contributed by atoms with Gasteiger partial charge in [-0.05, 0) is 0 Å². The third kappa shape index (κ3) is 2.60. The van der Waals surface area contributed by atoms with Crippen LogP contribution in [0.25, 0.3) is 0 Å². The molecule has 4 N–H and O–H groups in total. The van der Waals surface area contributed by atoms with E-state index in [1.165, 1.54) is 4.90 Å². The maximum Gasteiger partial charge on any atom is 0.315 e. The lowest BCUT2D eigenvalue weighted by Crippen LogP contribution is -2.46. The van der Waals surface area contributed by atoms with Gasteiger partial charge in [0.1, 0.15) is 12.6 Å². The number of carbonyl (C=O) groups excluding carboxylic acids is 2. The van der Waals surface area contributed by atoms with Gasteiger partial charge in [0.05, 0.1) is 6.10 Å². The first-order valence-electron chi connectivity index (χ1n) is 4.46. The number of ether oxygens (including phenoxy) is 1. The fourth-order valence-corrected chi connectivity index (χ4v) is 1.60. The van der Waals surface area contributed by atoms with Crippen molar-refractivity contribution in [3.8, 4) is 12.3 Å². The van der Waals surface area contributed by atoms with E-state index in [0.29, 0.717) is 6.42 Å². The molecule has 0 spiro atoms. The lowest BCUT2D eigenvalue weighted by atomic mass is 10.2. The van der Waals surface area contributed by atoms with Gasteiger partial charge in [-0.15, -0.1) is 6.42 Å². The SMILES string of the molecule is C#CCO[C@@H]1C[C@H](C(N)=O)N(C(N)=O)C1. The van der Waals surface area contributed by atoms with E-state index >= 15 is 0 Å². The molecular weight excluding hydrogens is 198 g/mol. The molecule has 1 rings (SSSR count). The maximum atomic E-state index is 11.0. The predicted octanol–water partition coefficient (Wildman–Crippen LogP) is -1.36. The summed E-state index contributed by atoms with van der Waals surface area (Å²) in [5, 5.41) is 0. The van der Waals surface area contributed by atoms with E-state index in [-0.39, 0.29) is 19.3 Å². The molecule has 6 nitrogen and oxygen atoms in total. The molecular formula is C9H13N3O3. The molecule has 0 aromatic carbocycles. The molecule has 0 aliphatic carbocycles. The van der Waals surface area contributed by atoms with Crippen LogP contribution in [-0.2, 0) is 9.53 Å². The van der Waals surface area contributed by atoms with E-state index in [0.717, 1.165) is 0 Å². The van der Waals surface area contributed by atoms with Gasteiger partial charge in [0.2, 0.25) is 5.91 Å². The van der Waals surface area contributed by atoms with Gasteiger partial charge < -0.3 is 21.1 Å². The summed E-state index contributed by atoms with van der Waals surface area (Å²) >= 11 is 0. The summed E-state index contributed by atoms with van der Waals surface area (Å²) in [5.74, 6) is 1.73. The number of urea groups is 1. The number of hydrogen-bond acceptors (Lipinski definition) is 3. The Morgan fingerprint density at radius 1 is 1.53 bits per heavy atom. The number of carbonyl (C=O) groups is 2. The van der Waals surface area contributed by atoms with E-state index in [1.807, 2.05) is 0 Å². The summed E-state index contributed by atoms with van der Waals surface area (Å²) in [6, 6.07) is -1.36. The van der Waals surface area contributed by atoms with E-state index in [4.69, 9.17) is 22.6 Å². The van der Waals surface area contributed by atoms with Crippen LogP contribution in [0.1, 0.15) is 6.42 Å². The third-order valence-electron chi connectivity index (χ3n) is 2.28. The molecule has 1 aliphatic heterocycles. The summed E-state index contributed by atoms with van der Waals surface area (Å²) in [7, 11) is 0. The largest absolute Gasteiger partial charge is 0.368 e. The molecule has 3 amide bonds. The van der Waals surface area contributed by atoms with Gasteiger partial charge in [0.15, 0.2) is 0 Å². The number of likely N-dealkylation sites (tertiary alicyclic amines) is 1. The Morgan fingerprint density at radius 3 is 2.60 bits per heavy atom. The van der Waals surface area contributed by atoms with Crippen LogP contribution < -0.4 is 11.5 Å². The van der Waals surface area contributed by atoms with E-state index in [9.17, 15) is 9.59 Å². The molecule has 0 aromatic rings. The second-order valence-electron chi connectivity index (χ2n) is 3.28. The van der Waals surface area contributed by atoms with Gasteiger partial charge in [-0.25, -0.2) is 4.79 Å². The Labute approximate surface area is 87.5 Å². The zero-order valence-corrected chi connectivity index (χ0v) is 8.18. The topological polar surface area (TPSA) is 98.7 Å². The molecule has 0 radical (unpaired) electrons. The lowest BCUT2D eigenvalue weighted by molar-refractivity contribution is -0.121. The van der Waals surface area contributed by atoms with Gasteiger partial charge in [-0.3, -0.25) is 4.79 Å². The van der Waals surface area contributed by atoms with Crippen LogP contribution in [0.4, 0.5) is 4.79 Å². The average molecular weight is 211 g/mol. The van der Waals surface area contributed by atoms with Gasteiger partial charge in [-0.1, -0.05) is 5.92 Å². The molecule has 0 bridgehead atoms. The molecule has 6 heteroatoms. The second kappa shape index (κ2) is 4.66. The smallest absolute Gasteiger partial charge is 0.315 e. The highest BCUT2D eigenvalue weighted by molar-refractivity contribution is 5.86. The monoisotopic (exact) mass is 211 g/mol. The Kier molecular flexibility index (Phi) is 3.52. The summed E-state index contributed by atoms with van der Waals surface area (Å²) in [6.07, 6.45) is 5.10. The highest BCUT2D eigenvalue weighted by atomic mass is 16.5. The lowest BCUT2D eigenvalue weighted by Gasteiger charge is -2.18. The fourth-order valence-electron chi connectivity index (χ4n) is 1.60. The van der Waals surface area contributed by atoms with Gasteiger partial charge in [-0.2, -0.15) is 0 Å². The number of nitrogens with zero attached hydrogens (tertiary/aromatic N) is 1. The maximum absolute atomic E-state index is 11.0. The molecule has 1 aliphatic rings. The Morgan fingerprint density at radius 2 is 2.20 bits per heavy atom. The summed E-state index contributed by atoms with van der Waals surface area (Å²) in [4.78, 5) is 23.2. The van der Waals surface area contributed by atoms with Crippen LogP contribution in [0.15, 0.2) is 0 Å². The Balaban J connectivity index is 2.62. The normalized spacial score (nSPS) is 24.9. The van der Waals surface area contributed by atoms with Crippen LogP contribution in [0, 0.1) is 12.3 Å². The van der Waals surface area contributed by atoms with Crippen molar-refractivity contribution in [3.05, 3.63) is 0 Å². The number of nitrogens with two attached hydrogens (primary N) is 2. The number of amides is 3. The zero-order valence-electron chi connectivity index (χ0n) is 8.18. The number of rotatable bonds is 3. The van der Waals surface area contributed by atoms with Crippen LogP contribution in [0.2, 0.25) is 0 Å². The Hall–Kier alpha value is -1.74. The first-order chi connectivity index (χ1) is 7.06. The number of terminal acetylenes is 1. The van der Waals surface area contributed by atoms with E-state index in [1.54, 1.807) is 0 Å². The van der Waals surface area contributed by atoms with Crippen LogP contribution in [0.5, 0.6) is 0 Å². The van der Waals surface area contributed by atoms with Crippen molar-refractivity contribution in [2.45, 2.75) is 18.6 Å². The molecule has 15 heavy (non-hydrogen) atoms. The van der Waals surface area contributed by atoms with Crippen molar-refractivity contribution in [2.75, 3.05) is 13.2 Å². The van der Waals surface area contributed by atoms with Crippen molar-refractivity contribution in [3.63, 3.8) is 0 Å². The molecule has 2 atom stereocenters. The quantitative estimate of drug-likeness (QED) is 0.564. The summed E-state index contributed by atoms with van der Waals surface area (Å²) in [6.45, 7) is 0.396. The van der Waals surface area contributed by atoms with Crippen LogP contribution in [0.3, 0.4) is 0 Å². The van der Waals surface area contributed by atoms with Crippen molar-refractivity contribution in [2.24, 2.45) is 11.5 Å². The van der Waals surface area contributed by atoms with Gasteiger partial charge >= 0.3 is 6.03 Å². The fraction of sp³-hybridized carbons (Fsp3) is 0.556. The molecule has 0 aromatic heterocycles. The minimum Gasteiger partial charge on any atom is -0.368 e. The van der Waals surface area contributed by atoms with Crippen molar-refractivity contribution >= 4 is 11.9 Å². The average Bonchev–Trinajstić information content (AvgIpc) is 2.58. The standard InChI is InChI=1S/C9H13N3O3/c1-2-3-15-6-4-7(8(10)13)12(5-6)9(11)14/h1,6-7H,3-5H2,(H2,10,13)(H2,11,14)/t6-,7-/m1/s1. The Bertz CT molecular complexity index is 288. The summed E-state index contributed by atoms with van der Waals surface area (Å²) in [5.41, 5.74) is 10.2. The predicted molar refractivity (Wildman–Crippen MR) is 52.5 cm³/mol. The first-order valence-corrected chi connectivity index (χ1v) is 4.46. The van der Waals surface area contributed by atoms with Crippen LogP contribution >= 0.6 is 0 Å². The highest BCUT2D eigenvalue weighted by Gasteiger charge is 2.38. The first kappa shape index (κ1) is 11.3. The van der Waals surface area contributed by atoms with Crippen molar-refractivity contribution in [1.29, 1.82) is 0 Å². The van der Waals surface area contributed by atoms with Crippen LogP contribution in [-0.4, -0.2) is 42.1 Å². The van der Waals surface area contributed by atoms with E-state index < -0.39 is 18.0 Å². The van der Waals surface area contributed by atoms with E-state index in [2.05, 4.69) is 5.92 Å². The van der Waals surface area contributed by atoms with Gasteiger partial charge in [0.25, 0.3) is 0 Å². The molecule has 1 heterocycles. The zero-order chi connectivity index (χ0) is 11.4. The molecule has 1 fully saturated rings. The molecule has 82 valence electrons. The highest BCUT2D eigenvalue weighted by Crippen LogP contribution is 2.19. The minimum atomic E-state index is -0.690. The number of primary amides is 2. The van der Waals surface area contributed by atoms with Crippen molar-refractivity contribution in [1.82, 2.24) is 4.90 Å². The van der Waals surface area contributed by atoms with Crippen molar-refractivity contribution < 1.29 is 14.3 Å². The molecule has 1 saturated heterocycles.